The number of hydrogen-bond donors (Lipinski definition) is 1. The van der Waals surface area contributed by atoms with Crippen LogP contribution < -0.4 is 15.4 Å². The highest BCUT2D eigenvalue weighted by molar-refractivity contribution is 7.80. The summed E-state index contributed by atoms with van der Waals surface area (Å²) in [6.45, 7) is 1.59. The van der Waals surface area contributed by atoms with E-state index in [0.717, 1.165) is 0 Å². The smallest absolute Gasteiger partial charge is 0.341 e. The van der Waals surface area contributed by atoms with Gasteiger partial charge in [-0.1, -0.05) is 12.0 Å². The number of rotatable bonds is 5. The highest BCUT2D eigenvalue weighted by atomic mass is 32.1. The van der Waals surface area contributed by atoms with Crippen LogP contribution in [0.4, 0.5) is 5.69 Å². The minimum Gasteiger partial charge on any atom is -0.465 e. The van der Waals surface area contributed by atoms with E-state index in [4.69, 9.17) is 32.2 Å². The van der Waals surface area contributed by atoms with Gasteiger partial charge in [0.25, 0.3) is 0 Å². The normalized spacial score (nSPS) is 9.29. The maximum atomic E-state index is 11.8. The summed E-state index contributed by atoms with van der Waals surface area (Å²) in [6, 6.07) is 7.65. The third-order valence-electron chi connectivity index (χ3n) is 2.41. The number of methoxy groups -OCH3 is 2. The first-order chi connectivity index (χ1) is 10.1. The van der Waals surface area contributed by atoms with Crippen LogP contribution in [-0.4, -0.2) is 32.1 Å². The van der Waals surface area contributed by atoms with Gasteiger partial charge in [-0.25, -0.2) is 9.69 Å². The van der Waals surface area contributed by atoms with E-state index in [0.29, 0.717) is 5.69 Å². The van der Waals surface area contributed by atoms with Gasteiger partial charge in [-0.3, -0.25) is 0 Å². The Morgan fingerprint density at radius 1 is 1.43 bits per heavy atom. The zero-order valence-corrected chi connectivity index (χ0v) is 12.8. The molecule has 0 unspecified atom stereocenters. The first-order valence-electron chi connectivity index (χ1n) is 5.91. The van der Waals surface area contributed by atoms with Crippen molar-refractivity contribution >= 4 is 29.0 Å². The summed E-state index contributed by atoms with van der Waals surface area (Å²) < 4.78 is 15.1. The molecule has 0 aromatic heterocycles. The van der Waals surface area contributed by atoms with Crippen LogP contribution in [0.2, 0.25) is 0 Å². The Morgan fingerprint density at radius 3 is 2.67 bits per heavy atom. The molecule has 112 valence electrons. The lowest BCUT2D eigenvalue weighted by Gasteiger charge is -2.20. The highest BCUT2D eigenvalue weighted by Gasteiger charge is 2.21. The second-order valence-corrected chi connectivity index (χ2v) is 4.15. The minimum absolute atomic E-state index is 0.0358. The molecule has 0 radical (unpaired) electrons. The topological polar surface area (TPSA) is 74.0 Å². The molecule has 0 amide bonds. The Labute approximate surface area is 128 Å². The Bertz CT molecular complexity index is 592. The average Bonchev–Trinajstić information content (AvgIpc) is 2.49. The Morgan fingerprint density at radius 2 is 2.14 bits per heavy atom. The fourth-order valence-electron chi connectivity index (χ4n) is 1.59. The molecular formula is C14H16N2O4S. The van der Waals surface area contributed by atoms with Crippen LogP contribution in [-0.2, 0) is 9.47 Å². The summed E-state index contributed by atoms with van der Waals surface area (Å²) in [5, 5.41) is 0.0358. The quantitative estimate of drug-likeness (QED) is 0.290. The van der Waals surface area contributed by atoms with Crippen molar-refractivity contribution in [2.75, 3.05) is 25.9 Å². The number of para-hydroxylation sites is 1. The molecule has 0 aliphatic heterocycles. The number of hydrogen-bond acceptors (Lipinski definition) is 5. The molecule has 7 heteroatoms. The fraction of sp³-hybridized carbons (Fsp3) is 0.286. The van der Waals surface area contributed by atoms with Gasteiger partial charge in [0.2, 0.25) is 0 Å². The van der Waals surface area contributed by atoms with Crippen molar-refractivity contribution in [2.45, 2.75) is 6.92 Å². The minimum atomic E-state index is -0.546. The number of benzene rings is 1. The molecule has 0 heterocycles. The van der Waals surface area contributed by atoms with E-state index in [1.807, 2.05) is 0 Å². The predicted molar refractivity (Wildman–Crippen MR) is 83.0 cm³/mol. The maximum absolute atomic E-state index is 11.8. The second kappa shape index (κ2) is 8.09. The molecular weight excluding hydrogens is 292 g/mol. The Hall–Kier alpha value is -2.30. The molecule has 1 aromatic carbocycles. The molecule has 0 spiro atoms. The maximum Gasteiger partial charge on any atom is 0.341 e. The van der Waals surface area contributed by atoms with Crippen LogP contribution in [0, 0.1) is 12.0 Å². The molecule has 2 N–H and O–H groups in total. The molecule has 21 heavy (non-hydrogen) atoms. The van der Waals surface area contributed by atoms with Gasteiger partial charge in [0.05, 0.1) is 12.8 Å². The van der Waals surface area contributed by atoms with Crippen LogP contribution in [0.15, 0.2) is 18.2 Å². The standard InChI is InChI=1S/C14H16N2O4S/c1-4-8-16(14(15)21)11-7-5-6-10(13(17)19-3)12(11)20-9-18-2/h5-7H,9H2,1-3H3,(H2,15,21). The number of carbonyl (C=O) groups is 1. The lowest BCUT2D eigenvalue weighted by atomic mass is 10.1. The van der Waals surface area contributed by atoms with Gasteiger partial charge in [0.1, 0.15) is 5.56 Å². The van der Waals surface area contributed by atoms with E-state index >= 15 is 0 Å². The third kappa shape index (κ3) is 4.08. The number of ether oxygens (including phenoxy) is 3. The molecule has 1 rings (SSSR count). The van der Waals surface area contributed by atoms with E-state index in [9.17, 15) is 4.79 Å². The zero-order valence-electron chi connectivity index (χ0n) is 12.0. The van der Waals surface area contributed by atoms with Gasteiger partial charge < -0.3 is 19.9 Å². The number of anilines is 1. The van der Waals surface area contributed by atoms with Crippen molar-refractivity contribution in [1.29, 1.82) is 0 Å². The van der Waals surface area contributed by atoms with E-state index in [1.165, 1.54) is 19.1 Å². The number of thiocarbonyl (C=S) groups is 1. The molecule has 0 atom stereocenters. The summed E-state index contributed by atoms with van der Waals surface area (Å²) in [6.07, 6.45) is 0. The number of esters is 1. The molecule has 0 aliphatic carbocycles. The van der Waals surface area contributed by atoms with Crippen molar-refractivity contribution in [3.63, 3.8) is 0 Å². The van der Waals surface area contributed by atoms with Crippen LogP contribution in [0.1, 0.15) is 17.3 Å². The van der Waals surface area contributed by atoms with E-state index in [2.05, 4.69) is 12.0 Å². The van der Waals surface area contributed by atoms with Crippen molar-refractivity contribution in [3.05, 3.63) is 23.8 Å². The van der Waals surface area contributed by atoms with Crippen molar-refractivity contribution in [1.82, 2.24) is 0 Å². The molecule has 0 saturated carbocycles. The molecule has 0 aliphatic rings. The molecule has 0 fully saturated rings. The molecule has 1 aromatic rings. The van der Waals surface area contributed by atoms with Gasteiger partial charge in [-0.15, -0.1) is 0 Å². The van der Waals surface area contributed by atoms with Crippen LogP contribution in [0.5, 0.6) is 5.75 Å². The summed E-state index contributed by atoms with van der Waals surface area (Å²) in [4.78, 5) is 13.2. The van der Waals surface area contributed by atoms with Crippen LogP contribution in [0.25, 0.3) is 0 Å². The first kappa shape index (κ1) is 16.8. The zero-order chi connectivity index (χ0) is 15.8. The van der Waals surface area contributed by atoms with Gasteiger partial charge in [0.15, 0.2) is 17.7 Å². The number of carbonyl (C=O) groups excluding carboxylic acids is 1. The van der Waals surface area contributed by atoms with Crippen molar-refractivity contribution in [3.8, 4) is 17.7 Å². The first-order valence-corrected chi connectivity index (χ1v) is 6.32. The molecule has 0 saturated heterocycles. The van der Waals surface area contributed by atoms with Gasteiger partial charge in [-0.2, -0.15) is 0 Å². The third-order valence-corrected chi connectivity index (χ3v) is 2.59. The average molecular weight is 308 g/mol. The van der Waals surface area contributed by atoms with Crippen molar-refractivity contribution < 1.29 is 19.0 Å². The number of nitrogens with two attached hydrogens (primary N) is 1. The summed E-state index contributed by atoms with van der Waals surface area (Å²) in [7, 11) is 2.75. The van der Waals surface area contributed by atoms with Crippen LogP contribution in [0.3, 0.4) is 0 Å². The highest BCUT2D eigenvalue weighted by Crippen LogP contribution is 2.32. The Kier molecular flexibility index (Phi) is 6.46. The summed E-state index contributed by atoms with van der Waals surface area (Å²) in [5.74, 6) is 2.39. The van der Waals surface area contributed by atoms with E-state index in [1.54, 1.807) is 25.1 Å². The largest absolute Gasteiger partial charge is 0.465 e. The van der Waals surface area contributed by atoms with Gasteiger partial charge in [-0.05, 0) is 31.3 Å². The monoisotopic (exact) mass is 308 g/mol. The van der Waals surface area contributed by atoms with E-state index in [-0.39, 0.29) is 23.2 Å². The Balaban J connectivity index is 3.43. The lowest BCUT2D eigenvalue weighted by Crippen LogP contribution is -2.32. The van der Waals surface area contributed by atoms with Gasteiger partial charge >= 0.3 is 5.97 Å². The molecule has 6 nitrogen and oxygen atoms in total. The summed E-state index contributed by atoms with van der Waals surface area (Å²) >= 11 is 4.97. The SMILES string of the molecule is CC#CN(C(N)=S)c1cccc(C(=O)OC)c1OCOC. The fourth-order valence-corrected chi connectivity index (χ4v) is 1.73. The molecule has 0 bridgehead atoms. The number of nitrogens with zero attached hydrogens (tertiary/aromatic N) is 1. The predicted octanol–water partition coefficient (Wildman–Crippen LogP) is 1.49. The van der Waals surface area contributed by atoms with Crippen molar-refractivity contribution in [2.24, 2.45) is 5.73 Å². The van der Waals surface area contributed by atoms with E-state index < -0.39 is 5.97 Å². The van der Waals surface area contributed by atoms with Crippen LogP contribution >= 0.6 is 12.2 Å². The second-order valence-electron chi connectivity index (χ2n) is 3.73. The summed E-state index contributed by atoms with van der Waals surface area (Å²) in [5.41, 5.74) is 6.33. The lowest BCUT2D eigenvalue weighted by molar-refractivity contribution is 0.0468. The van der Waals surface area contributed by atoms with Gasteiger partial charge in [0, 0.05) is 13.2 Å².